The van der Waals surface area contributed by atoms with E-state index in [9.17, 15) is 4.79 Å². The molecule has 3 heteroatoms. The van der Waals surface area contributed by atoms with Crippen LogP contribution in [0.1, 0.15) is 24.0 Å². The minimum absolute atomic E-state index is 0.125. The molecule has 3 rings (SSSR count). The summed E-state index contributed by atoms with van der Waals surface area (Å²) in [7, 11) is 0. The van der Waals surface area contributed by atoms with Crippen molar-refractivity contribution in [1.29, 1.82) is 0 Å². The molecule has 0 bridgehead atoms. The molecule has 0 fully saturated rings. The number of hydrogen-bond acceptors (Lipinski definition) is 2. The molecule has 0 saturated heterocycles. The number of anilines is 2. The maximum atomic E-state index is 12.7. The van der Waals surface area contributed by atoms with Gasteiger partial charge < -0.3 is 10.6 Å². The van der Waals surface area contributed by atoms with Crippen molar-refractivity contribution in [3.05, 3.63) is 59.7 Å². The third-order valence-corrected chi connectivity index (χ3v) is 3.94. The second kappa shape index (κ2) is 5.00. The first kappa shape index (κ1) is 12.7. The van der Waals surface area contributed by atoms with Crippen LogP contribution in [0.5, 0.6) is 0 Å². The van der Waals surface area contributed by atoms with Crippen molar-refractivity contribution in [3.8, 4) is 0 Å². The summed E-state index contributed by atoms with van der Waals surface area (Å²) in [6.07, 6.45) is 0.883. The predicted octanol–water partition coefficient (Wildman–Crippen LogP) is 2.96. The smallest absolute Gasteiger partial charge is 0.234 e. The van der Waals surface area contributed by atoms with Gasteiger partial charge in [-0.15, -0.1) is 0 Å². The van der Waals surface area contributed by atoms with Crippen LogP contribution in [0, 0.1) is 0 Å². The first-order chi connectivity index (χ1) is 9.66. The summed E-state index contributed by atoms with van der Waals surface area (Å²) in [6, 6.07) is 15.7. The van der Waals surface area contributed by atoms with Crippen molar-refractivity contribution in [3.63, 3.8) is 0 Å². The lowest BCUT2D eigenvalue weighted by molar-refractivity contribution is -0.119. The maximum absolute atomic E-state index is 12.7. The van der Waals surface area contributed by atoms with Gasteiger partial charge in [0.15, 0.2) is 0 Å². The van der Waals surface area contributed by atoms with Gasteiger partial charge >= 0.3 is 0 Å². The number of amides is 1. The van der Waals surface area contributed by atoms with Crippen LogP contribution in [0.2, 0.25) is 0 Å². The van der Waals surface area contributed by atoms with Gasteiger partial charge in [-0.3, -0.25) is 4.79 Å². The van der Waals surface area contributed by atoms with E-state index in [0.29, 0.717) is 0 Å². The van der Waals surface area contributed by atoms with Crippen molar-refractivity contribution < 1.29 is 4.79 Å². The first-order valence-electron chi connectivity index (χ1n) is 6.91. The van der Waals surface area contributed by atoms with Gasteiger partial charge in [-0.1, -0.05) is 30.3 Å². The van der Waals surface area contributed by atoms with Crippen LogP contribution in [0.15, 0.2) is 48.5 Å². The summed E-state index contributed by atoms with van der Waals surface area (Å²) in [5.74, 6) is 0.0272. The molecule has 20 heavy (non-hydrogen) atoms. The van der Waals surface area contributed by atoms with E-state index in [1.807, 2.05) is 60.4 Å². The number of hydrogen-bond donors (Lipinski definition) is 1. The van der Waals surface area contributed by atoms with Crippen LogP contribution in [0.25, 0.3) is 0 Å². The van der Waals surface area contributed by atoms with E-state index in [1.165, 1.54) is 5.56 Å². The van der Waals surface area contributed by atoms with E-state index in [4.69, 9.17) is 5.73 Å². The molecule has 1 heterocycles. The lowest BCUT2D eigenvalue weighted by Crippen LogP contribution is -2.32. The molecule has 1 aliphatic rings. The monoisotopic (exact) mass is 266 g/mol. The Kier molecular flexibility index (Phi) is 3.18. The van der Waals surface area contributed by atoms with E-state index < -0.39 is 0 Å². The van der Waals surface area contributed by atoms with Crippen LogP contribution in [0.3, 0.4) is 0 Å². The van der Waals surface area contributed by atoms with Crippen LogP contribution in [-0.2, 0) is 11.2 Å². The summed E-state index contributed by atoms with van der Waals surface area (Å²) in [5, 5.41) is 0. The Morgan fingerprint density at radius 3 is 2.70 bits per heavy atom. The van der Waals surface area contributed by atoms with Gasteiger partial charge in [0.05, 0.1) is 5.92 Å². The topological polar surface area (TPSA) is 46.3 Å². The Hall–Kier alpha value is -2.29. The van der Waals surface area contributed by atoms with Gasteiger partial charge in [0.1, 0.15) is 0 Å². The highest BCUT2D eigenvalue weighted by Crippen LogP contribution is 2.32. The van der Waals surface area contributed by atoms with Crippen molar-refractivity contribution >= 4 is 17.3 Å². The predicted molar refractivity (Wildman–Crippen MR) is 81.8 cm³/mol. The van der Waals surface area contributed by atoms with Gasteiger partial charge in [-0.05, 0) is 42.7 Å². The largest absolute Gasteiger partial charge is 0.399 e. The van der Waals surface area contributed by atoms with Gasteiger partial charge in [0.25, 0.3) is 0 Å². The van der Waals surface area contributed by atoms with Crippen molar-refractivity contribution in [2.24, 2.45) is 0 Å². The van der Waals surface area contributed by atoms with E-state index in [0.717, 1.165) is 29.9 Å². The zero-order valence-electron chi connectivity index (χ0n) is 11.5. The Morgan fingerprint density at radius 1 is 1.20 bits per heavy atom. The zero-order valence-corrected chi connectivity index (χ0v) is 11.5. The van der Waals surface area contributed by atoms with Crippen molar-refractivity contribution in [2.45, 2.75) is 19.3 Å². The molecule has 3 nitrogen and oxygen atoms in total. The number of fused-ring (bicyclic) bond motifs is 1. The molecule has 0 aliphatic carbocycles. The summed E-state index contributed by atoms with van der Waals surface area (Å²) < 4.78 is 0. The normalized spacial score (nSPS) is 14.9. The number of nitrogens with two attached hydrogens (primary N) is 1. The molecule has 1 atom stereocenters. The number of carbonyl (C=O) groups excluding carboxylic acids is 1. The Bertz CT molecular complexity index is 637. The minimum atomic E-state index is -0.125. The van der Waals surface area contributed by atoms with Gasteiger partial charge in [-0.2, -0.15) is 0 Å². The molecule has 1 amide bonds. The Balaban J connectivity index is 1.87. The summed E-state index contributed by atoms with van der Waals surface area (Å²) in [4.78, 5) is 14.6. The second-order valence-electron chi connectivity index (χ2n) is 5.26. The average Bonchev–Trinajstić information content (AvgIpc) is 2.89. The zero-order chi connectivity index (χ0) is 14.1. The molecule has 1 unspecified atom stereocenters. The third-order valence-electron chi connectivity index (χ3n) is 3.94. The summed E-state index contributed by atoms with van der Waals surface area (Å²) in [6.45, 7) is 2.71. The molecule has 0 aromatic heterocycles. The van der Waals surface area contributed by atoms with Gasteiger partial charge in [0, 0.05) is 17.9 Å². The third kappa shape index (κ3) is 2.16. The summed E-state index contributed by atoms with van der Waals surface area (Å²) >= 11 is 0. The molecule has 0 radical (unpaired) electrons. The lowest BCUT2D eigenvalue weighted by atomic mass is 10.00. The lowest BCUT2D eigenvalue weighted by Gasteiger charge is -2.22. The first-order valence-corrected chi connectivity index (χ1v) is 6.91. The molecule has 102 valence electrons. The van der Waals surface area contributed by atoms with E-state index in [-0.39, 0.29) is 11.8 Å². The number of carbonyl (C=O) groups is 1. The van der Waals surface area contributed by atoms with Gasteiger partial charge in [0.2, 0.25) is 5.91 Å². The summed E-state index contributed by atoms with van der Waals surface area (Å²) in [5.41, 5.74) is 9.79. The second-order valence-corrected chi connectivity index (χ2v) is 5.26. The van der Waals surface area contributed by atoms with Gasteiger partial charge in [-0.25, -0.2) is 0 Å². The Morgan fingerprint density at radius 2 is 1.95 bits per heavy atom. The number of rotatable bonds is 2. The minimum Gasteiger partial charge on any atom is -0.399 e. The SMILES string of the molecule is CC(C(=O)N1CCc2cc(N)ccc21)c1ccccc1. The fourth-order valence-corrected chi connectivity index (χ4v) is 2.77. The fourth-order valence-electron chi connectivity index (χ4n) is 2.77. The van der Waals surface area contributed by atoms with Crippen LogP contribution in [0.4, 0.5) is 11.4 Å². The molecule has 2 aromatic rings. The molecular weight excluding hydrogens is 248 g/mol. The fraction of sp³-hybridized carbons (Fsp3) is 0.235. The number of benzene rings is 2. The molecule has 0 spiro atoms. The number of nitrogens with zero attached hydrogens (tertiary/aromatic N) is 1. The van der Waals surface area contributed by atoms with Crippen LogP contribution >= 0.6 is 0 Å². The van der Waals surface area contributed by atoms with Crippen molar-refractivity contribution in [1.82, 2.24) is 0 Å². The standard InChI is InChI=1S/C17H18N2O/c1-12(13-5-3-2-4-6-13)17(20)19-10-9-14-11-15(18)7-8-16(14)19/h2-8,11-12H,9-10,18H2,1H3. The highest BCUT2D eigenvalue weighted by molar-refractivity contribution is 5.99. The highest BCUT2D eigenvalue weighted by Gasteiger charge is 2.28. The van der Waals surface area contributed by atoms with Crippen LogP contribution < -0.4 is 10.6 Å². The molecule has 2 aromatic carbocycles. The number of nitrogen functional groups attached to an aromatic ring is 1. The molecule has 0 saturated carbocycles. The average molecular weight is 266 g/mol. The van der Waals surface area contributed by atoms with E-state index >= 15 is 0 Å². The van der Waals surface area contributed by atoms with E-state index in [2.05, 4.69) is 0 Å². The molecule has 2 N–H and O–H groups in total. The molecular formula is C17H18N2O. The quantitative estimate of drug-likeness (QED) is 0.849. The molecule has 1 aliphatic heterocycles. The van der Waals surface area contributed by atoms with Crippen molar-refractivity contribution in [2.75, 3.05) is 17.2 Å². The Labute approximate surface area is 119 Å². The highest BCUT2D eigenvalue weighted by atomic mass is 16.2. The maximum Gasteiger partial charge on any atom is 0.234 e. The van der Waals surface area contributed by atoms with Crippen LogP contribution in [-0.4, -0.2) is 12.5 Å². The van der Waals surface area contributed by atoms with E-state index in [1.54, 1.807) is 0 Å².